The van der Waals surface area contributed by atoms with Crippen LogP contribution in [-0.4, -0.2) is 41.5 Å². The van der Waals surface area contributed by atoms with E-state index in [4.69, 9.17) is 0 Å². The number of hydrogen-bond donors (Lipinski definition) is 2. The van der Waals surface area contributed by atoms with Crippen molar-refractivity contribution in [2.45, 2.75) is 38.7 Å². The SMILES string of the molecule is CC(=O)N1CCC(CCC(=O)NCC(O)c2ccccc2F)CC1. The number of hydrogen-bond acceptors (Lipinski definition) is 3. The van der Waals surface area contributed by atoms with Crippen molar-refractivity contribution in [3.63, 3.8) is 0 Å². The number of halogens is 1. The summed E-state index contributed by atoms with van der Waals surface area (Å²) in [5.41, 5.74) is 0.189. The second kappa shape index (κ2) is 8.78. The van der Waals surface area contributed by atoms with Crippen LogP contribution in [0, 0.1) is 11.7 Å². The van der Waals surface area contributed by atoms with Crippen LogP contribution in [0.2, 0.25) is 0 Å². The fraction of sp³-hybridized carbons (Fsp3) is 0.556. The highest BCUT2D eigenvalue weighted by Crippen LogP contribution is 2.22. The Morgan fingerprint density at radius 3 is 2.62 bits per heavy atom. The minimum atomic E-state index is -1.05. The monoisotopic (exact) mass is 336 g/mol. The molecule has 5 nitrogen and oxygen atoms in total. The second-order valence-corrected chi connectivity index (χ2v) is 6.33. The molecule has 2 amide bonds. The predicted octanol–water partition coefficient (Wildman–Crippen LogP) is 2.01. The van der Waals surface area contributed by atoms with E-state index in [1.807, 2.05) is 4.90 Å². The van der Waals surface area contributed by atoms with E-state index in [0.29, 0.717) is 12.3 Å². The third-order valence-corrected chi connectivity index (χ3v) is 4.60. The zero-order valence-electron chi connectivity index (χ0n) is 14.0. The van der Waals surface area contributed by atoms with Gasteiger partial charge in [0.2, 0.25) is 11.8 Å². The first-order chi connectivity index (χ1) is 11.5. The number of piperidine rings is 1. The standard InChI is InChI=1S/C18H25FN2O3/c1-13(22)21-10-8-14(9-11-21)6-7-18(24)20-12-17(23)15-4-2-3-5-16(15)19/h2-5,14,17,23H,6-12H2,1H3,(H,20,24). The molecule has 1 aromatic carbocycles. The Morgan fingerprint density at radius 1 is 1.33 bits per heavy atom. The first kappa shape index (κ1) is 18.4. The summed E-state index contributed by atoms with van der Waals surface area (Å²) in [6, 6.07) is 6.00. The smallest absolute Gasteiger partial charge is 0.220 e. The molecule has 1 unspecified atom stereocenters. The molecule has 1 heterocycles. The molecule has 2 N–H and O–H groups in total. The molecular weight excluding hydrogens is 311 g/mol. The van der Waals surface area contributed by atoms with Crippen LogP contribution in [0.3, 0.4) is 0 Å². The number of carbonyl (C=O) groups is 2. The number of likely N-dealkylation sites (tertiary alicyclic amines) is 1. The van der Waals surface area contributed by atoms with Crippen LogP contribution in [0.5, 0.6) is 0 Å². The Hall–Kier alpha value is -1.95. The number of carbonyl (C=O) groups excluding carboxylic acids is 2. The number of nitrogens with one attached hydrogen (secondary N) is 1. The summed E-state index contributed by atoms with van der Waals surface area (Å²) in [5.74, 6) is -0.0629. The maximum atomic E-state index is 13.5. The van der Waals surface area contributed by atoms with Crippen LogP contribution < -0.4 is 5.32 Å². The van der Waals surface area contributed by atoms with Crippen LogP contribution in [0.4, 0.5) is 4.39 Å². The van der Waals surface area contributed by atoms with Crippen molar-refractivity contribution in [3.05, 3.63) is 35.6 Å². The van der Waals surface area contributed by atoms with Gasteiger partial charge in [-0.2, -0.15) is 0 Å². The van der Waals surface area contributed by atoms with Gasteiger partial charge >= 0.3 is 0 Å². The lowest BCUT2D eigenvalue weighted by molar-refractivity contribution is -0.130. The Labute approximate surface area is 141 Å². The number of benzene rings is 1. The van der Waals surface area contributed by atoms with E-state index >= 15 is 0 Å². The van der Waals surface area contributed by atoms with E-state index < -0.39 is 11.9 Å². The average molecular weight is 336 g/mol. The lowest BCUT2D eigenvalue weighted by Crippen LogP contribution is -2.37. The summed E-state index contributed by atoms with van der Waals surface area (Å²) in [4.78, 5) is 25.0. The topological polar surface area (TPSA) is 69.6 Å². The van der Waals surface area contributed by atoms with Crippen molar-refractivity contribution >= 4 is 11.8 Å². The highest BCUT2D eigenvalue weighted by atomic mass is 19.1. The Bertz CT molecular complexity index is 571. The van der Waals surface area contributed by atoms with Crippen molar-refractivity contribution in [3.8, 4) is 0 Å². The summed E-state index contributed by atoms with van der Waals surface area (Å²) < 4.78 is 13.5. The number of nitrogens with zero attached hydrogens (tertiary/aromatic N) is 1. The molecule has 1 aliphatic rings. The second-order valence-electron chi connectivity index (χ2n) is 6.33. The van der Waals surface area contributed by atoms with Crippen LogP contribution in [0.15, 0.2) is 24.3 Å². The maximum Gasteiger partial charge on any atom is 0.220 e. The molecule has 0 saturated carbocycles. The van der Waals surface area contributed by atoms with Crippen LogP contribution in [0.1, 0.15) is 44.3 Å². The molecule has 0 spiro atoms. The van der Waals surface area contributed by atoms with Gasteiger partial charge < -0.3 is 15.3 Å². The van der Waals surface area contributed by atoms with Crippen LogP contribution in [0.25, 0.3) is 0 Å². The molecule has 0 aliphatic carbocycles. The zero-order valence-corrected chi connectivity index (χ0v) is 14.0. The number of amides is 2. The molecule has 1 saturated heterocycles. The van der Waals surface area contributed by atoms with Gasteiger partial charge in [0.15, 0.2) is 0 Å². The quantitative estimate of drug-likeness (QED) is 0.835. The van der Waals surface area contributed by atoms with Gasteiger partial charge in [-0.25, -0.2) is 4.39 Å². The highest BCUT2D eigenvalue weighted by molar-refractivity contribution is 5.76. The van der Waals surface area contributed by atoms with E-state index in [1.54, 1.807) is 19.1 Å². The van der Waals surface area contributed by atoms with Gasteiger partial charge in [0.05, 0.1) is 6.10 Å². The van der Waals surface area contributed by atoms with Gasteiger partial charge in [0, 0.05) is 38.5 Å². The fourth-order valence-corrected chi connectivity index (χ4v) is 3.03. The summed E-state index contributed by atoms with van der Waals surface area (Å²) in [6.45, 7) is 3.10. The molecule has 24 heavy (non-hydrogen) atoms. The zero-order chi connectivity index (χ0) is 17.5. The summed E-state index contributed by atoms with van der Waals surface area (Å²) in [7, 11) is 0. The lowest BCUT2D eigenvalue weighted by atomic mass is 9.92. The molecule has 1 aromatic rings. The summed E-state index contributed by atoms with van der Waals surface area (Å²) in [5, 5.41) is 12.6. The van der Waals surface area contributed by atoms with E-state index in [2.05, 4.69) is 5.32 Å². The average Bonchev–Trinajstić information content (AvgIpc) is 2.58. The molecule has 0 aromatic heterocycles. The lowest BCUT2D eigenvalue weighted by Gasteiger charge is -2.31. The Morgan fingerprint density at radius 2 is 2.00 bits per heavy atom. The molecular formula is C18H25FN2O3. The van der Waals surface area contributed by atoms with E-state index in [-0.39, 0.29) is 23.9 Å². The molecule has 1 fully saturated rings. The molecule has 0 radical (unpaired) electrons. The van der Waals surface area contributed by atoms with Gasteiger partial charge in [-0.1, -0.05) is 18.2 Å². The molecule has 0 bridgehead atoms. The third-order valence-electron chi connectivity index (χ3n) is 4.60. The summed E-state index contributed by atoms with van der Waals surface area (Å²) in [6.07, 6.45) is 1.95. The molecule has 6 heteroatoms. The third kappa shape index (κ3) is 5.30. The minimum Gasteiger partial charge on any atom is -0.386 e. The van der Waals surface area contributed by atoms with Crippen molar-refractivity contribution in [2.24, 2.45) is 5.92 Å². The molecule has 2 rings (SSSR count). The van der Waals surface area contributed by atoms with Crippen LogP contribution >= 0.6 is 0 Å². The molecule has 1 aliphatic heterocycles. The van der Waals surface area contributed by atoms with Crippen molar-refractivity contribution in [1.82, 2.24) is 10.2 Å². The normalized spacial score (nSPS) is 16.7. The van der Waals surface area contributed by atoms with Crippen molar-refractivity contribution in [2.75, 3.05) is 19.6 Å². The summed E-state index contributed by atoms with van der Waals surface area (Å²) >= 11 is 0. The van der Waals surface area contributed by atoms with Crippen LogP contribution in [-0.2, 0) is 9.59 Å². The van der Waals surface area contributed by atoms with E-state index in [0.717, 1.165) is 32.4 Å². The van der Waals surface area contributed by atoms with Crippen molar-refractivity contribution in [1.29, 1.82) is 0 Å². The minimum absolute atomic E-state index is 0.00253. The largest absolute Gasteiger partial charge is 0.386 e. The first-order valence-corrected chi connectivity index (χ1v) is 8.42. The number of rotatable bonds is 6. The molecule has 1 atom stereocenters. The van der Waals surface area contributed by atoms with E-state index in [9.17, 15) is 19.1 Å². The Balaban J connectivity index is 1.67. The van der Waals surface area contributed by atoms with Gasteiger partial charge in [0.1, 0.15) is 5.82 Å². The predicted molar refractivity (Wildman–Crippen MR) is 88.6 cm³/mol. The van der Waals surface area contributed by atoms with Gasteiger partial charge in [-0.3, -0.25) is 9.59 Å². The van der Waals surface area contributed by atoms with E-state index in [1.165, 1.54) is 12.1 Å². The van der Waals surface area contributed by atoms with Gasteiger partial charge in [-0.15, -0.1) is 0 Å². The molecule has 132 valence electrons. The highest BCUT2D eigenvalue weighted by Gasteiger charge is 2.21. The number of aliphatic hydroxyl groups is 1. The maximum absolute atomic E-state index is 13.5. The first-order valence-electron chi connectivity index (χ1n) is 8.42. The van der Waals surface area contributed by atoms with Gasteiger partial charge in [0.25, 0.3) is 0 Å². The number of aliphatic hydroxyl groups excluding tert-OH is 1. The fourth-order valence-electron chi connectivity index (χ4n) is 3.03. The van der Waals surface area contributed by atoms with Gasteiger partial charge in [-0.05, 0) is 31.2 Å². The van der Waals surface area contributed by atoms with Crippen molar-refractivity contribution < 1.29 is 19.1 Å². The Kier molecular flexibility index (Phi) is 6.73.